The molecule has 5 rings (SSSR count). The molecule has 184 valence electrons. The summed E-state index contributed by atoms with van der Waals surface area (Å²) in [6.07, 6.45) is 0. The van der Waals surface area contributed by atoms with E-state index in [-0.39, 0.29) is 11.5 Å². The lowest BCUT2D eigenvalue weighted by atomic mass is 10.1. The van der Waals surface area contributed by atoms with Crippen LogP contribution in [0, 0.1) is 4.77 Å². The van der Waals surface area contributed by atoms with Gasteiger partial charge >= 0.3 is 0 Å². The Labute approximate surface area is 215 Å². The van der Waals surface area contributed by atoms with Gasteiger partial charge in [0.15, 0.2) is 4.77 Å². The topological polar surface area (TPSA) is 73.4 Å². The van der Waals surface area contributed by atoms with Crippen LogP contribution >= 0.6 is 12.2 Å². The Morgan fingerprint density at radius 3 is 2.39 bits per heavy atom. The lowest BCUT2D eigenvalue weighted by molar-refractivity contribution is 0.0951. The van der Waals surface area contributed by atoms with Crippen molar-refractivity contribution in [2.24, 2.45) is 7.05 Å². The van der Waals surface area contributed by atoms with Crippen LogP contribution in [-0.2, 0) is 20.1 Å². The van der Waals surface area contributed by atoms with Crippen LogP contribution in [0.2, 0.25) is 0 Å². The molecule has 1 aliphatic rings. The van der Waals surface area contributed by atoms with Crippen LogP contribution in [-0.4, -0.2) is 46.5 Å². The Balaban J connectivity index is 1.23. The zero-order chi connectivity index (χ0) is 25.1. The van der Waals surface area contributed by atoms with Crippen LogP contribution in [0.5, 0.6) is 0 Å². The number of carbonyl (C=O) groups excluding carboxylic acids is 1. The highest BCUT2D eigenvalue weighted by Gasteiger charge is 2.18. The molecule has 36 heavy (non-hydrogen) atoms. The van der Waals surface area contributed by atoms with Gasteiger partial charge in [0.25, 0.3) is 11.5 Å². The standard InChI is InChI=1S/C28H29N5O2S/c1-31-27(35)24-12-11-20(17-25(24)30-28(31)36)26(34)29-18-21-7-5-6-8-22(21)19-32-13-15-33(16-14-32)23-9-3-2-4-10-23/h2-12,17H,13-16,18-19H2,1H3,(H,29,34)(H,30,36). The Kier molecular flexibility index (Phi) is 6.97. The number of fused-ring (bicyclic) bond motifs is 1. The minimum Gasteiger partial charge on any atom is -0.369 e. The van der Waals surface area contributed by atoms with E-state index >= 15 is 0 Å². The number of H-pyrrole nitrogens is 1. The maximum absolute atomic E-state index is 12.9. The highest BCUT2D eigenvalue weighted by Crippen LogP contribution is 2.18. The third-order valence-electron chi connectivity index (χ3n) is 6.81. The first-order valence-corrected chi connectivity index (χ1v) is 12.5. The van der Waals surface area contributed by atoms with E-state index in [0.29, 0.717) is 27.8 Å². The quantitative estimate of drug-likeness (QED) is 0.395. The van der Waals surface area contributed by atoms with E-state index < -0.39 is 0 Å². The van der Waals surface area contributed by atoms with Crippen LogP contribution < -0.4 is 15.8 Å². The Hall–Kier alpha value is -3.75. The second-order valence-corrected chi connectivity index (χ2v) is 9.49. The largest absolute Gasteiger partial charge is 0.369 e. The highest BCUT2D eigenvalue weighted by molar-refractivity contribution is 7.71. The maximum Gasteiger partial charge on any atom is 0.261 e. The van der Waals surface area contributed by atoms with Crippen LogP contribution in [0.25, 0.3) is 10.9 Å². The van der Waals surface area contributed by atoms with Crippen LogP contribution in [0.4, 0.5) is 5.69 Å². The number of amides is 1. The average Bonchev–Trinajstić information content (AvgIpc) is 2.92. The summed E-state index contributed by atoms with van der Waals surface area (Å²) in [5.41, 5.74) is 4.46. The fourth-order valence-electron chi connectivity index (χ4n) is 4.65. The summed E-state index contributed by atoms with van der Waals surface area (Å²) in [6, 6.07) is 23.8. The Morgan fingerprint density at radius 2 is 1.64 bits per heavy atom. The fraction of sp³-hybridized carbons (Fsp3) is 0.250. The lowest BCUT2D eigenvalue weighted by Gasteiger charge is -2.36. The normalized spacial score (nSPS) is 14.2. The molecule has 2 heterocycles. The molecule has 0 atom stereocenters. The van der Waals surface area contributed by atoms with Crippen molar-refractivity contribution < 1.29 is 4.79 Å². The number of piperazine rings is 1. The van der Waals surface area contributed by atoms with Crippen molar-refractivity contribution in [3.63, 3.8) is 0 Å². The van der Waals surface area contributed by atoms with Crippen molar-refractivity contribution in [2.75, 3.05) is 31.1 Å². The van der Waals surface area contributed by atoms with Gasteiger partial charge in [-0.25, -0.2) is 0 Å². The number of nitrogens with one attached hydrogen (secondary N) is 2. The SMILES string of the molecule is Cn1c(=S)[nH]c2cc(C(=O)NCc3ccccc3CN3CCN(c4ccccc4)CC3)ccc2c1=O. The summed E-state index contributed by atoms with van der Waals surface area (Å²) < 4.78 is 1.71. The molecule has 1 fully saturated rings. The minimum atomic E-state index is -0.192. The third-order valence-corrected chi connectivity index (χ3v) is 7.18. The number of rotatable bonds is 6. The summed E-state index contributed by atoms with van der Waals surface area (Å²) >= 11 is 5.21. The molecule has 0 aliphatic carbocycles. The molecular formula is C28H29N5O2S. The van der Waals surface area contributed by atoms with Gasteiger partial charge in [-0.2, -0.15) is 0 Å². The minimum absolute atomic E-state index is 0.181. The molecule has 0 saturated carbocycles. The predicted octanol–water partition coefficient (Wildman–Crippen LogP) is 3.85. The van der Waals surface area contributed by atoms with Crippen molar-refractivity contribution in [3.05, 3.63) is 105 Å². The van der Waals surface area contributed by atoms with Crippen molar-refractivity contribution in [2.45, 2.75) is 13.1 Å². The van der Waals surface area contributed by atoms with Crippen LogP contribution in [0.15, 0.2) is 77.6 Å². The molecule has 4 aromatic rings. The molecule has 3 aromatic carbocycles. The van der Waals surface area contributed by atoms with Gasteiger partial charge in [-0.05, 0) is 53.7 Å². The van der Waals surface area contributed by atoms with Crippen LogP contribution in [0.1, 0.15) is 21.5 Å². The summed E-state index contributed by atoms with van der Waals surface area (Å²) in [4.78, 5) is 33.2. The zero-order valence-corrected chi connectivity index (χ0v) is 21.1. The molecule has 1 aromatic heterocycles. The molecule has 0 radical (unpaired) electrons. The summed E-state index contributed by atoms with van der Waals surface area (Å²) in [5, 5.41) is 3.54. The summed E-state index contributed by atoms with van der Waals surface area (Å²) in [6.45, 7) is 5.27. The maximum atomic E-state index is 12.9. The van der Waals surface area contributed by atoms with Gasteiger partial charge in [0.2, 0.25) is 0 Å². The van der Waals surface area contributed by atoms with E-state index in [0.717, 1.165) is 38.3 Å². The van der Waals surface area contributed by atoms with Crippen molar-refractivity contribution >= 4 is 34.7 Å². The van der Waals surface area contributed by atoms with E-state index in [1.54, 1.807) is 25.2 Å². The van der Waals surface area contributed by atoms with Crippen LogP contribution in [0.3, 0.4) is 0 Å². The highest BCUT2D eigenvalue weighted by atomic mass is 32.1. The molecule has 1 saturated heterocycles. The Morgan fingerprint density at radius 1 is 0.944 bits per heavy atom. The molecule has 0 bridgehead atoms. The number of anilines is 1. The molecule has 8 heteroatoms. The van der Waals surface area contributed by atoms with Crippen molar-refractivity contribution in [1.29, 1.82) is 0 Å². The van der Waals surface area contributed by atoms with E-state index in [4.69, 9.17) is 12.2 Å². The number of aromatic amines is 1. The van der Waals surface area contributed by atoms with Gasteiger partial charge in [0.1, 0.15) is 0 Å². The van der Waals surface area contributed by atoms with Gasteiger partial charge in [0.05, 0.1) is 10.9 Å². The van der Waals surface area contributed by atoms with Crippen molar-refractivity contribution in [1.82, 2.24) is 19.8 Å². The molecule has 0 unspecified atom stereocenters. The van der Waals surface area contributed by atoms with E-state index in [9.17, 15) is 9.59 Å². The average molecular weight is 500 g/mol. The summed E-state index contributed by atoms with van der Waals surface area (Å²) in [7, 11) is 1.63. The van der Waals surface area contributed by atoms with Gasteiger partial charge in [-0.15, -0.1) is 0 Å². The lowest BCUT2D eigenvalue weighted by Crippen LogP contribution is -2.46. The van der Waals surface area contributed by atoms with E-state index in [1.165, 1.54) is 15.8 Å². The molecular weight excluding hydrogens is 470 g/mol. The number of carbonyl (C=O) groups is 1. The summed E-state index contributed by atoms with van der Waals surface area (Å²) in [5.74, 6) is -0.192. The van der Waals surface area contributed by atoms with Crippen molar-refractivity contribution in [3.8, 4) is 0 Å². The third kappa shape index (κ3) is 5.10. The van der Waals surface area contributed by atoms with E-state index in [2.05, 4.69) is 56.5 Å². The zero-order valence-electron chi connectivity index (χ0n) is 20.2. The number of hydrogen-bond acceptors (Lipinski definition) is 5. The second-order valence-electron chi connectivity index (χ2n) is 9.10. The smallest absolute Gasteiger partial charge is 0.261 e. The molecule has 0 spiro atoms. The fourth-order valence-corrected chi connectivity index (χ4v) is 4.85. The van der Waals surface area contributed by atoms with E-state index in [1.807, 2.05) is 18.2 Å². The number of nitrogens with zero attached hydrogens (tertiary/aromatic N) is 3. The Bertz CT molecular complexity index is 1500. The number of hydrogen-bond donors (Lipinski definition) is 2. The number of aromatic nitrogens is 2. The predicted molar refractivity (Wildman–Crippen MR) is 146 cm³/mol. The molecule has 7 nitrogen and oxygen atoms in total. The molecule has 1 aliphatic heterocycles. The van der Waals surface area contributed by atoms with Gasteiger partial charge in [0, 0.05) is 57.6 Å². The first-order valence-electron chi connectivity index (χ1n) is 12.1. The van der Waals surface area contributed by atoms with Gasteiger partial charge in [-0.1, -0.05) is 42.5 Å². The number of benzene rings is 3. The second kappa shape index (κ2) is 10.5. The first kappa shape index (κ1) is 24.0. The molecule has 2 N–H and O–H groups in total. The first-order chi connectivity index (χ1) is 17.5. The van der Waals surface area contributed by atoms with Gasteiger partial charge < -0.3 is 15.2 Å². The van der Waals surface area contributed by atoms with Gasteiger partial charge in [-0.3, -0.25) is 19.1 Å². The molecule has 1 amide bonds. The monoisotopic (exact) mass is 499 g/mol. The number of para-hydroxylation sites is 1.